The van der Waals surface area contributed by atoms with Crippen LogP contribution >= 0.6 is 11.6 Å². The highest BCUT2D eigenvalue weighted by Gasteiger charge is 2.20. The molecule has 0 unspecified atom stereocenters. The van der Waals surface area contributed by atoms with Gasteiger partial charge in [0.2, 0.25) is 0 Å². The van der Waals surface area contributed by atoms with Gasteiger partial charge in [-0.2, -0.15) is 10.0 Å². The number of anilines is 2. The van der Waals surface area contributed by atoms with E-state index in [4.69, 9.17) is 16.5 Å². The van der Waals surface area contributed by atoms with Crippen LogP contribution in [-0.2, 0) is 16.6 Å². The van der Waals surface area contributed by atoms with E-state index < -0.39 is 10.0 Å². The fourth-order valence-corrected chi connectivity index (χ4v) is 5.51. The van der Waals surface area contributed by atoms with Crippen molar-refractivity contribution >= 4 is 39.2 Å². The number of halogens is 1. The minimum absolute atomic E-state index is 0.0986. The third-order valence-corrected chi connectivity index (χ3v) is 7.51. The van der Waals surface area contributed by atoms with Crippen molar-refractivity contribution in [3.8, 4) is 0 Å². The predicted octanol–water partition coefficient (Wildman–Crippen LogP) is 6.21. The zero-order valence-electron chi connectivity index (χ0n) is 20.1. The molecule has 1 saturated heterocycles. The zero-order chi connectivity index (χ0) is 26.0. The summed E-state index contributed by atoms with van der Waals surface area (Å²) in [4.78, 5) is 10.1. The maximum absolute atomic E-state index is 13.1. The molecule has 8 nitrogen and oxygen atoms in total. The number of sulfonamides is 1. The van der Waals surface area contributed by atoms with Gasteiger partial charge in [0, 0.05) is 6.54 Å². The average molecular weight is 528 g/mol. The summed E-state index contributed by atoms with van der Waals surface area (Å²) in [6.07, 6.45) is 5.57. The Morgan fingerprint density at radius 1 is 0.972 bits per heavy atom. The van der Waals surface area contributed by atoms with Gasteiger partial charge in [-0.05, 0) is 73.8 Å². The first-order chi connectivity index (χ1) is 17.4. The highest BCUT2D eigenvalue weighted by Crippen LogP contribution is 2.28. The Morgan fingerprint density at radius 2 is 1.67 bits per heavy atom. The van der Waals surface area contributed by atoms with Gasteiger partial charge in [-0.3, -0.25) is 15.0 Å². The number of hydrazone groups is 1. The summed E-state index contributed by atoms with van der Waals surface area (Å²) in [6.45, 7) is 5.15. The van der Waals surface area contributed by atoms with E-state index in [9.17, 15) is 8.42 Å². The normalized spacial score (nSPS) is 14.2. The molecule has 1 fully saturated rings. The fraction of sp³-hybridized carbons (Fsp3) is 0.269. The van der Waals surface area contributed by atoms with Crippen LogP contribution in [0.3, 0.4) is 0 Å². The Bertz CT molecular complexity index is 1280. The molecule has 3 N–H and O–H groups in total. The molecule has 0 amide bonds. The lowest BCUT2D eigenvalue weighted by atomic mass is 10.1. The number of nitrogens with zero attached hydrogens (tertiary/aromatic N) is 2. The molecule has 36 heavy (non-hydrogen) atoms. The Labute approximate surface area is 217 Å². The molecular weight excluding hydrogens is 498 g/mol. The summed E-state index contributed by atoms with van der Waals surface area (Å²) in [7, 11) is -3.88. The summed E-state index contributed by atoms with van der Waals surface area (Å²) in [5, 5.41) is 4.61. The lowest BCUT2D eigenvalue weighted by Crippen LogP contribution is -2.29. The second-order valence-corrected chi connectivity index (χ2v) is 10.6. The van der Waals surface area contributed by atoms with E-state index in [1.807, 2.05) is 25.1 Å². The van der Waals surface area contributed by atoms with Gasteiger partial charge in [0.05, 0.1) is 22.6 Å². The predicted molar refractivity (Wildman–Crippen MR) is 146 cm³/mol. The number of likely N-dealkylation sites (tertiary alicyclic amines) is 1. The van der Waals surface area contributed by atoms with E-state index in [0.717, 1.165) is 17.7 Å². The van der Waals surface area contributed by atoms with Crippen molar-refractivity contribution in [3.63, 3.8) is 0 Å². The van der Waals surface area contributed by atoms with Gasteiger partial charge >= 0.3 is 0 Å². The van der Waals surface area contributed by atoms with Crippen LogP contribution in [0, 0.1) is 17.4 Å². The van der Waals surface area contributed by atoms with E-state index in [0.29, 0.717) is 16.4 Å². The smallest absolute Gasteiger partial charge is 0.264 e. The van der Waals surface area contributed by atoms with E-state index >= 15 is 0 Å². The van der Waals surface area contributed by atoms with Gasteiger partial charge in [-0.1, -0.05) is 66.1 Å². The first-order valence-corrected chi connectivity index (χ1v) is 13.5. The molecule has 4 rings (SSSR count). The molecule has 0 bridgehead atoms. The van der Waals surface area contributed by atoms with Crippen molar-refractivity contribution in [2.45, 2.75) is 37.6 Å². The van der Waals surface area contributed by atoms with Crippen molar-refractivity contribution in [1.82, 2.24) is 4.90 Å². The summed E-state index contributed by atoms with van der Waals surface area (Å²) < 4.78 is 28.8. The van der Waals surface area contributed by atoms with Gasteiger partial charge in [-0.15, -0.1) is 0 Å². The zero-order valence-corrected chi connectivity index (χ0v) is 21.6. The Hall–Kier alpha value is -3.27. The third-order valence-electron chi connectivity index (χ3n) is 5.78. The van der Waals surface area contributed by atoms with Gasteiger partial charge in [-0.25, -0.2) is 8.42 Å². The van der Waals surface area contributed by atoms with Crippen LogP contribution in [0.1, 0.15) is 36.0 Å². The number of nitroso groups, excluding NO2 is 1. The van der Waals surface area contributed by atoms with E-state index in [-0.39, 0.29) is 4.90 Å². The summed E-state index contributed by atoms with van der Waals surface area (Å²) >= 11 is 6.14. The van der Waals surface area contributed by atoms with E-state index in [1.54, 1.807) is 42.6 Å². The summed E-state index contributed by atoms with van der Waals surface area (Å²) in [6, 6.07) is 20.1. The first kappa shape index (κ1) is 27.3. The van der Waals surface area contributed by atoms with Crippen LogP contribution < -0.4 is 10.1 Å². The average Bonchev–Trinajstić information content (AvgIpc) is 2.89. The van der Waals surface area contributed by atoms with Crippen LogP contribution in [0.2, 0.25) is 5.02 Å². The Morgan fingerprint density at radius 3 is 2.36 bits per heavy atom. The molecule has 0 radical (unpaired) electrons. The molecule has 1 aliphatic heterocycles. The minimum Gasteiger partial charge on any atom is -0.299 e. The number of para-hydroxylation sites is 1. The van der Waals surface area contributed by atoms with Crippen molar-refractivity contribution in [3.05, 3.63) is 93.4 Å². The van der Waals surface area contributed by atoms with Crippen molar-refractivity contribution in [2.75, 3.05) is 23.2 Å². The molecule has 10 heteroatoms. The molecule has 0 atom stereocenters. The molecular formula is C26H30ClN5O3S. The second-order valence-electron chi connectivity index (χ2n) is 8.53. The number of nitrogens with one attached hydrogen (secondary N) is 3. The van der Waals surface area contributed by atoms with Crippen LogP contribution in [0.4, 0.5) is 11.4 Å². The standard InChI is InChI=1S/C26H29ClN4O2S.HNO/c1-20-9-14-25(26(17-20)34(32,33)30-24-8-4-3-7-23(24)27)29-28-18-21-10-12-22(13-11-21)19-31-15-5-2-6-16-31;1-2/h3-4,7-14,17-18,29-30H,2,5-6,15-16,19H2,1H3;1H/b28-18+;. The topological polar surface area (TPSA) is 115 Å². The lowest BCUT2D eigenvalue weighted by Gasteiger charge is -2.26. The largest absolute Gasteiger partial charge is 0.299 e. The quantitative estimate of drug-likeness (QED) is 0.183. The highest BCUT2D eigenvalue weighted by atomic mass is 35.5. The molecule has 0 aliphatic carbocycles. The molecule has 0 aromatic heterocycles. The fourth-order valence-electron chi connectivity index (χ4n) is 3.95. The van der Waals surface area contributed by atoms with Crippen LogP contribution in [-0.4, -0.2) is 32.6 Å². The summed E-state index contributed by atoms with van der Waals surface area (Å²) in [5.74, 6) is 0. The Kier molecular flexibility index (Phi) is 9.98. The number of hydrogen-bond donors (Lipinski definition) is 3. The molecule has 3 aromatic rings. The van der Waals surface area contributed by atoms with Gasteiger partial charge in [0.1, 0.15) is 4.90 Å². The summed E-state index contributed by atoms with van der Waals surface area (Å²) in [5.41, 5.74) is 11.1. The van der Waals surface area contributed by atoms with E-state index in [1.165, 1.54) is 37.9 Å². The van der Waals surface area contributed by atoms with Crippen LogP contribution in [0.25, 0.3) is 0 Å². The Balaban J connectivity index is 0.00000176. The molecule has 0 spiro atoms. The first-order valence-electron chi connectivity index (χ1n) is 11.6. The SMILES string of the molecule is Cc1ccc(N/N=C/c2ccc(CN3CCCCC3)cc2)c(S(=O)(=O)Nc2ccccc2Cl)c1.N=O. The second kappa shape index (κ2) is 13.2. The van der Waals surface area contributed by atoms with Crippen molar-refractivity contribution in [2.24, 2.45) is 5.10 Å². The number of aryl methyl sites for hydroxylation is 1. The third kappa shape index (κ3) is 7.61. The maximum Gasteiger partial charge on any atom is 0.264 e. The number of piperidine rings is 1. The highest BCUT2D eigenvalue weighted by molar-refractivity contribution is 7.93. The van der Waals surface area contributed by atoms with Gasteiger partial charge in [0.25, 0.3) is 10.0 Å². The molecule has 3 aromatic carbocycles. The van der Waals surface area contributed by atoms with Crippen molar-refractivity contribution in [1.29, 1.82) is 5.59 Å². The van der Waals surface area contributed by atoms with Crippen LogP contribution in [0.5, 0.6) is 0 Å². The maximum atomic E-state index is 13.1. The van der Waals surface area contributed by atoms with Crippen LogP contribution in [0.15, 0.2) is 76.7 Å². The van der Waals surface area contributed by atoms with E-state index in [2.05, 4.69) is 37.9 Å². The van der Waals surface area contributed by atoms with Gasteiger partial charge < -0.3 is 0 Å². The minimum atomic E-state index is -3.88. The monoisotopic (exact) mass is 527 g/mol. The number of benzene rings is 3. The van der Waals surface area contributed by atoms with Crippen molar-refractivity contribution < 1.29 is 8.42 Å². The molecule has 0 saturated carbocycles. The lowest BCUT2D eigenvalue weighted by molar-refractivity contribution is 0.221. The molecule has 1 aliphatic rings. The number of hydrogen-bond acceptors (Lipinski definition) is 7. The molecule has 190 valence electrons. The molecule has 1 heterocycles. The van der Waals surface area contributed by atoms with Gasteiger partial charge in [0.15, 0.2) is 0 Å². The number of rotatable bonds is 8.